The van der Waals surface area contributed by atoms with E-state index in [0.717, 1.165) is 32.9 Å². The average Bonchev–Trinajstić information content (AvgIpc) is 3.08. The number of aromatic amines is 2. The molecular formula is C16H19ClN4. The standard InChI is InChI=1S/C16H19ClN4/c1-9(2)15-6-16(21-20-15)12(7-18)13-8-19-14-4-3-10(17)5-11(13)14/h3-6,8-9,12,19H,7,18H2,1-2H3,(H,20,21). The van der Waals surface area contributed by atoms with Crippen LogP contribution < -0.4 is 5.73 Å². The number of halogens is 1. The Bertz CT molecular complexity index is 757. The predicted octanol–water partition coefficient (Wildman–Crippen LogP) is 3.76. The van der Waals surface area contributed by atoms with Crippen LogP contribution in [0.2, 0.25) is 5.02 Å². The molecule has 21 heavy (non-hydrogen) atoms. The Balaban J connectivity index is 2.06. The SMILES string of the molecule is CC(C)c1cc(C(CN)c2c[nH]c3ccc(Cl)cc23)[nH]n1. The molecule has 4 nitrogen and oxygen atoms in total. The number of nitrogens with one attached hydrogen (secondary N) is 2. The number of rotatable bonds is 4. The normalized spacial score (nSPS) is 13.2. The zero-order valence-corrected chi connectivity index (χ0v) is 12.9. The van der Waals surface area contributed by atoms with Gasteiger partial charge in [-0.3, -0.25) is 5.10 Å². The number of fused-ring (bicyclic) bond motifs is 1. The van der Waals surface area contributed by atoms with Gasteiger partial charge in [-0.15, -0.1) is 0 Å². The van der Waals surface area contributed by atoms with E-state index in [1.807, 2.05) is 24.4 Å². The van der Waals surface area contributed by atoms with Gasteiger partial charge in [0.25, 0.3) is 0 Å². The number of aromatic nitrogens is 3. The van der Waals surface area contributed by atoms with Gasteiger partial charge in [0.15, 0.2) is 0 Å². The van der Waals surface area contributed by atoms with E-state index in [-0.39, 0.29) is 5.92 Å². The zero-order chi connectivity index (χ0) is 15.0. The maximum atomic E-state index is 6.12. The summed E-state index contributed by atoms with van der Waals surface area (Å²) in [5.74, 6) is 0.475. The van der Waals surface area contributed by atoms with Gasteiger partial charge in [0.05, 0.1) is 5.69 Å². The lowest BCUT2D eigenvalue weighted by molar-refractivity contribution is 0.776. The molecule has 0 saturated carbocycles. The fraction of sp³-hybridized carbons (Fsp3) is 0.312. The van der Waals surface area contributed by atoms with Crippen molar-refractivity contribution < 1.29 is 0 Å². The van der Waals surface area contributed by atoms with Gasteiger partial charge >= 0.3 is 0 Å². The van der Waals surface area contributed by atoms with Gasteiger partial charge in [-0.1, -0.05) is 25.4 Å². The lowest BCUT2D eigenvalue weighted by Gasteiger charge is -2.12. The average molecular weight is 303 g/mol. The number of hydrogen-bond donors (Lipinski definition) is 3. The first kappa shape index (κ1) is 14.2. The minimum absolute atomic E-state index is 0.0808. The maximum absolute atomic E-state index is 6.12. The third-order valence-electron chi connectivity index (χ3n) is 3.87. The van der Waals surface area contributed by atoms with Crippen molar-refractivity contribution in [2.24, 2.45) is 5.73 Å². The summed E-state index contributed by atoms with van der Waals surface area (Å²) in [6.45, 7) is 4.77. The van der Waals surface area contributed by atoms with E-state index in [2.05, 4.69) is 35.1 Å². The first-order valence-electron chi connectivity index (χ1n) is 7.12. The van der Waals surface area contributed by atoms with Crippen LogP contribution in [0.15, 0.2) is 30.5 Å². The second-order valence-corrected chi connectivity index (χ2v) is 6.06. The molecule has 0 radical (unpaired) electrons. The van der Waals surface area contributed by atoms with Crippen LogP contribution in [0.5, 0.6) is 0 Å². The van der Waals surface area contributed by atoms with Gasteiger partial charge in [0.2, 0.25) is 0 Å². The summed E-state index contributed by atoms with van der Waals surface area (Å²) in [5, 5.41) is 9.34. The van der Waals surface area contributed by atoms with Gasteiger partial charge < -0.3 is 10.7 Å². The fourth-order valence-corrected chi connectivity index (χ4v) is 2.82. The van der Waals surface area contributed by atoms with Crippen molar-refractivity contribution in [3.05, 3.63) is 52.4 Å². The molecule has 2 heterocycles. The molecule has 1 aromatic carbocycles. The Labute approximate surface area is 128 Å². The van der Waals surface area contributed by atoms with Crippen molar-refractivity contribution >= 4 is 22.5 Å². The number of hydrogen-bond acceptors (Lipinski definition) is 2. The van der Waals surface area contributed by atoms with E-state index in [9.17, 15) is 0 Å². The molecule has 3 rings (SSSR count). The van der Waals surface area contributed by atoms with Crippen LogP contribution in [0, 0.1) is 0 Å². The third-order valence-corrected chi connectivity index (χ3v) is 4.11. The molecule has 4 N–H and O–H groups in total. The van der Waals surface area contributed by atoms with E-state index in [1.165, 1.54) is 0 Å². The van der Waals surface area contributed by atoms with Crippen LogP contribution in [0.1, 0.15) is 42.6 Å². The summed E-state index contributed by atoms with van der Waals surface area (Å²) in [5.41, 5.74) is 10.3. The summed E-state index contributed by atoms with van der Waals surface area (Å²) in [7, 11) is 0. The van der Waals surface area contributed by atoms with Crippen molar-refractivity contribution in [2.45, 2.75) is 25.7 Å². The molecular weight excluding hydrogens is 284 g/mol. The molecule has 0 aliphatic carbocycles. The van der Waals surface area contributed by atoms with E-state index in [0.29, 0.717) is 12.5 Å². The number of nitrogens with two attached hydrogens (primary N) is 1. The van der Waals surface area contributed by atoms with E-state index >= 15 is 0 Å². The van der Waals surface area contributed by atoms with Crippen LogP contribution in [0.3, 0.4) is 0 Å². The molecule has 0 spiro atoms. The Morgan fingerprint density at radius 2 is 2.10 bits per heavy atom. The summed E-state index contributed by atoms with van der Waals surface area (Å²) >= 11 is 6.12. The highest BCUT2D eigenvalue weighted by Gasteiger charge is 2.19. The highest BCUT2D eigenvalue weighted by Crippen LogP contribution is 2.31. The van der Waals surface area contributed by atoms with Crippen molar-refractivity contribution in [3.63, 3.8) is 0 Å². The summed E-state index contributed by atoms with van der Waals surface area (Å²) in [6.07, 6.45) is 2.01. The number of benzene rings is 1. The second kappa shape index (κ2) is 5.54. The van der Waals surface area contributed by atoms with Crippen molar-refractivity contribution in [2.75, 3.05) is 6.54 Å². The Hall–Kier alpha value is -1.78. The largest absolute Gasteiger partial charge is 0.361 e. The molecule has 3 aromatic rings. The molecule has 2 aromatic heterocycles. The Morgan fingerprint density at radius 3 is 2.76 bits per heavy atom. The minimum Gasteiger partial charge on any atom is -0.361 e. The maximum Gasteiger partial charge on any atom is 0.0650 e. The van der Waals surface area contributed by atoms with Gasteiger partial charge in [-0.05, 0) is 35.7 Å². The topological polar surface area (TPSA) is 70.5 Å². The molecule has 0 aliphatic heterocycles. The number of nitrogens with zero attached hydrogens (tertiary/aromatic N) is 1. The second-order valence-electron chi connectivity index (χ2n) is 5.63. The van der Waals surface area contributed by atoms with Crippen LogP contribution >= 0.6 is 11.6 Å². The van der Waals surface area contributed by atoms with Crippen molar-refractivity contribution in [3.8, 4) is 0 Å². The molecule has 1 unspecified atom stereocenters. The molecule has 0 saturated heterocycles. The molecule has 0 amide bonds. The predicted molar refractivity (Wildman–Crippen MR) is 86.9 cm³/mol. The summed E-state index contributed by atoms with van der Waals surface area (Å²) in [4.78, 5) is 3.28. The lowest BCUT2D eigenvalue weighted by Crippen LogP contribution is -2.14. The quantitative estimate of drug-likeness (QED) is 0.687. The lowest BCUT2D eigenvalue weighted by atomic mass is 9.94. The highest BCUT2D eigenvalue weighted by atomic mass is 35.5. The molecule has 1 atom stereocenters. The van der Waals surface area contributed by atoms with Gasteiger partial charge in [0, 0.05) is 40.3 Å². The van der Waals surface area contributed by atoms with Crippen LogP contribution in [-0.2, 0) is 0 Å². The third kappa shape index (κ3) is 2.57. The smallest absolute Gasteiger partial charge is 0.0650 e. The first-order valence-corrected chi connectivity index (χ1v) is 7.49. The van der Waals surface area contributed by atoms with Gasteiger partial charge in [-0.2, -0.15) is 5.10 Å². The van der Waals surface area contributed by atoms with E-state index in [1.54, 1.807) is 0 Å². The summed E-state index contributed by atoms with van der Waals surface area (Å²) < 4.78 is 0. The molecule has 0 bridgehead atoms. The zero-order valence-electron chi connectivity index (χ0n) is 12.2. The molecule has 110 valence electrons. The van der Waals surface area contributed by atoms with Gasteiger partial charge in [-0.25, -0.2) is 0 Å². The Kier molecular flexibility index (Phi) is 3.74. The molecule has 5 heteroatoms. The number of H-pyrrole nitrogens is 2. The van der Waals surface area contributed by atoms with E-state index in [4.69, 9.17) is 17.3 Å². The molecule has 0 fully saturated rings. The fourth-order valence-electron chi connectivity index (χ4n) is 2.65. The van der Waals surface area contributed by atoms with Crippen LogP contribution in [0.25, 0.3) is 10.9 Å². The highest BCUT2D eigenvalue weighted by molar-refractivity contribution is 6.31. The molecule has 0 aliphatic rings. The first-order chi connectivity index (χ1) is 10.1. The van der Waals surface area contributed by atoms with Crippen LogP contribution in [0.4, 0.5) is 0 Å². The minimum atomic E-state index is 0.0808. The monoisotopic (exact) mass is 302 g/mol. The van der Waals surface area contributed by atoms with E-state index < -0.39 is 0 Å². The summed E-state index contributed by atoms with van der Waals surface area (Å²) in [6, 6.07) is 7.95. The Morgan fingerprint density at radius 1 is 1.29 bits per heavy atom. The van der Waals surface area contributed by atoms with Crippen LogP contribution in [-0.4, -0.2) is 21.7 Å². The van der Waals surface area contributed by atoms with Gasteiger partial charge in [0.1, 0.15) is 0 Å². The van der Waals surface area contributed by atoms with Crippen molar-refractivity contribution in [1.29, 1.82) is 0 Å². The van der Waals surface area contributed by atoms with Crippen molar-refractivity contribution in [1.82, 2.24) is 15.2 Å².